The molecule has 0 spiro atoms. The molecule has 2 rings (SSSR count). The number of ether oxygens (including phenoxy) is 1. The molecule has 14 heavy (non-hydrogen) atoms. The molecule has 2 atom stereocenters. The summed E-state index contributed by atoms with van der Waals surface area (Å²) in [6, 6.07) is 6.17. The van der Waals surface area contributed by atoms with Gasteiger partial charge in [0.1, 0.15) is 5.82 Å². The third-order valence-corrected chi connectivity index (χ3v) is 2.27. The quantitative estimate of drug-likeness (QED) is 0.743. The van der Waals surface area contributed by atoms with Gasteiger partial charge in [0.25, 0.3) is 0 Å². The van der Waals surface area contributed by atoms with Crippen LogP contribution in [0.4, 0.5) is 10.1 Å². The van der Waals surface area contributed by atoms with Gasteiger partial charge in [0.15, 0.2) is 0 Å². The van der Waals surface area contributed by atoms with Crippen LogP contribution in [0.1, 0.15) is 0 Å². The van der Waals surface area contributed by atoms with Gasteiger partial charge in [-0.3, -0.25) is 0 Å². The summed E-state index contributed by atoms with van der Waals surface area (Å²) in [5.41, 5.74) is 0.405. The zero-order valence-electron chi connectivity index (χ0n) is 7.61. The molecule has 0 unspecified atom stereocenters. The van der Waals surface area contributed by atoms with Crippen LogP contribution in [0.15, 0.2) is 24.3 Å². The smallest absolute Gasteiger partial charge is 0.146 e. The van der Waals surface area contributed by atoms with Crippen molar-refractivity contribution < 1.29 is 14.2 Å². The number of hydrogen-bond acceptors (Lipinski definition) is 3. The van der Waals surface area contributed by atoms with Gasteiger partial charge in [-0.15, -0.1) is 0 Å². The Morgan fingerprint density at radius 2 is 2.14 bits per heavy atom. The van der Waals surface area contributed by atoms with Crippen molar-refractivity contribution in [2.45, 2.75) is 12.1 Å². The molecule has 1 aliphatic rings. The maximum Gasteiger partial charge on any atom is 0.146 e. The fraction of sp³-hybridized carbons (Fsp3) is 0.400. The highest BCUT2D eigenvalue weighted by Crippen LogP contribution is 2.17. The lowest BCUT2D eigenvalue weighted by Crippen LogP contribution is -2.32. The first-order chi connectivity index (χ1) is 6.77. The van der Waals surface area contributed by atoms with Crippen LogP contribution < -0.4 is 5.32 Å². The molecule has 1 aromatic rings. The maximum atomic E-state index is 13.2. The zero-order chi connectivity index (χ0) is 9.97. The van der Waals surface area contributed by atoms with Gasteiger partial charge in [0.05, 0.1) is 31.0 Å². The summed E-state index contributed by atoms with van der Waals surface area (Å²) in [4.78, 5) is 0. The summed E-state index contributed by atoms with van der Waals surface area (Å²) in [6.07, 6.45) is -0.561. The number of aliphatic hydroxyl groups excluding tert-OH is 1. The Morgan fingerprint density at radius 1 is 1.36 bits per heavy atom. The first kappa shape index (κ1) is 9.43. The molecule has 0 radical (unpaired) electrons. The van der Waals surface area contributed by atoms with Crippen LogP contribution in [-0.4, -0.2) is 30.5 Å². The number of nitrogens with one attached hydrogen (secondary N) is 1. The number of halogens is 1. The van der Waals surface area contributed by atoms with Crippen molar-refractivity contribution in [1.82, 2.24) is 0 Å². The Balaban J connectivity index is 2.07. The molecule has 1 fully saturated rings. The van der Waals surface area contributed by atoms with E-state index in [0.717, 1.165) is 0 Å². The Kier molecular flexibility index (Phi) is 2.65. The molecule has 0 amide bonds. The average molecular weight is 197 g/mol. The molecule has 2 N–H and O–H groups in total. The van der Waals surface area contributed by atoms with Crippen LogP contribution in [0.5, 0.6) is 0 Å². The molecule has 1 aromatic carbocycles. The van der Waals surface area contributed by atoms with E-state index < -0.39 is 6.10 Å². The summed E-state index contributed by atoms with van der Waals surface area (Å²) in [5.74, 6) is -0.313. The van der Waals surface area contributed by atoms with Crippen LogP contribution in [-0.2, 0) is 4.74 Å². The molecule has 4 heteroatoms. The minimum absolute atomic E-state index is 0.216. The largest absolute Gasteiger partial charge is 0.388 e. The van der Waals surface area contributed by atoms with E-state index in [4.69, 9.17) is 4.74 Å². The van der Waals surface area contributed by atoms with Crippen LogP contribution in [0.25, 0.3) is 0 Å². The van der Waals surface area contributed by atoms with Gasteiger partial charge in [-0.1, -0.05) is 12.1 Å². The molecule has 76 valence electrons. The summed E-state index contributed by atoms with van der Waals surface area (Å²) in [6.45, 7) is 0.724. The number of benzene rings is 1. The molecule has 1 saturated heterocycles. The second-order valence-corrected chi connectivity index (χ2v) is 3.34. The molecule has 0 aliphatic carbocycles. The highest BCUT2D eigenvalue weighted by molar-refractivity contribution is 5.45. The van der Waals surface area contributed by atoms with Crippen molar-refractivity contribution >= 4 is 5.69 Å². The van der Waals surface area contributed by atoms with Crippen LogP contribution in [0, 0.1) is 5.82 Å². The molecule has 0 aromatic heterocycles. The first-order valence-corrected chi connectivity index (χ1v) is 4.54. The maximum absolute atomic E-state index is 13.2. The van der Waals surface area contributed by atoms with Crippen molar-refractivity contribution in [2.75, 3.05) is 18.5 Å². The SMILES string of the molecule is O[C@@H]1COC[C@H]1Nc1ccccc1F. The molecule has 3 nitrogen and oxygen atoms in total. The van der Waals surface area contributed by atoms with Crippen molar-refractivity contribution in [1.29, 1.82) is 0 Å². The van der Waals surface area contributed by atoms with Gasteiger partial charge >= 0.3 is 0 Å². The Labute approximate surface area is 81.5 Å². The van der Waals surface area contributed by atoms with Gasteiger partial charge < -0.3 is 15.2 Å². The predicted molar refractivity (Wildman–Crippen MR) is 50.6 cm³/mol. The lowest BCUT2D eigenvalue weighted by atomic mass is 10.2. The standard InChI is InChI=1S/C10H12FNO2/c11-7-3-1-2-4-8(7)12-9-5-14-6-10(9)13/h1-4,9-10,12-13H,5-6H2/t9-,10-/m1/s1. The van der Waals surface area contributed by atoms with Crippen LogP contribution in [0.3, 0.4) is 0 Å². The van der Waals surface area contributed by atoms with Crippen molar-refractivity contribution in [3.63, 3.8) is 0 Å². The van der Waals surface area contributed by atoms with E-state index in [0.29, 0.717) is 18.9 Å². The lowest BCUT2D eigenvalue weighted by molar-refractivity contribution is 0.125. The average Bonchev–Trinajstić information content (AvgIpc) is 2.56. The van der Waals surface area contributed by atoms with Gasteiger partial charge in [-0.2, -0.15) is 0 Å². The molecule has 1 aliphatic heterocycles. The summed E-state index contributed by atoms with van der Waals surface area (Å²) < 4.78 is 18.2. The lowest BCUT2D eigenvalue weighted by Gasteiger charge is -2.16. The molecule has 1 heterocycles. The molecule has 0 saturated carbocycles. The number of hydrogen-bond donors (Lipinski definition) is 2. The van der Waals surface area contributed by atoms with E-state index in [-0.39, 0.29) is 11.9 Å². The monoisotopic (exact) mass is 197 g/mol. The van der Waals surface area contributed by atoms with Crippen LogP contribution in [0.2, 0.25) is 0 Å². The minimum atomic E-state index is -0.561. The van der Waals surface area contributed by atoms with Gasteiger partial charge in [0, 0.05) is 0 Å². The summed E-state index contributed by atoms with van der Waals surface area (Å²) >= 11 is 0. The van der Waals surface area contributed by atoms with E-state index in [2.05, 4.69) is 5.32 Å². The molecular weight excluding hydrogens is 185 g/mol. The normalized spacial score (nSPS) is 26.4. The zero-order valence-corrected chi connectivity index (χ0v) is 7.61. The highest BCUT2D eigenvalue weighted by atomic mass is 19.1. The number of rotatable bonds is 2. The van der Waals surface area contributed by atoms with Crippen molar-refractivity contribution in [2.24, 2.45) is 0 Å². The van der Waals surface area contributed by atoms with Gasteiger partial charge in [-0.05, 0) is 12.1 Å². The number of para-hydroxylation sites is 1. The second kappa shape index (κ2) is 3.94. The van der Waals surface area contributed by atoms with Crippen LogP contribution >= 0.6 is 0 Å². The highest BCUT2D eigenvalue weighted by Gasteiger charge is 2.26. The Bertz CT molecular complexity index is 319. The first-order valence-electron chi connectivity index (χ1n) is 4.54. The van der Waals surface area contributed by atoms with Crippen molar-refractivity contribution in [3.05, 3.63) is 30.1 Å². The Hall–Kier alpha value is -1.13. The Morgan fingerprint density at radius 3 is 2.79 bits per heavy atom. The fourth-order valence-corrected chi connectivity index (χ4v) is 1.46. The van der Waals surface area contributed by atoms with Gasteiger partial charge in [-0.25, -0.2) is 4.39 Å². The third-order valence-electron chi connectivity index (χ3n) is 2.27. The fourth-order valence-electron chi connectivity index (χ4n) is 1.46. The summed E-state index contributed by atoms with van der Waals surface area (Å²) in [7, 11) is 0. The topological polar surface area (TPSA) is 41.5 Å². The molecule has 0 bridgehead atoms. The van der Waals surface area contributed by atoms with Gasteiger partial charge in [0.2, 0.25) is 0 Å². The van der Waals surface area contributed by atoms with Crippen molar-refractivity contribution in [3.8, 4) is 0 Å². The number of aliphatic hydroxyl groups is 1. The van der Waals surface area contributed by atoms with E-state index in [1.165, 1.54) is 6.07 Å². The second-order valence-electron chi connectivity index (χ2n) is 3.34. The van der Waals surface area contributed by atoms with E-state index in [9.17, 15) is 9.50 Å². The van der Waals surface area contributed by atoms with E-state index >= 15 is 0 Å². The molecular formula is C10H12FNO2. The summed E-state index contributed by atoms with van der Waals surface area (Å²) in [5, 5.41) is 12.3. The minimum Gasteiger partial charge on any atom is -0.388 e. The van der Waals surface area contributed by atoms with E-state index in [1.54, 1.807) is 18.2 Å². The number of anilines is 1. The predicted octanol–water partition coefficient (Wildman–Crippen LogP) is 0.997. The third kappa shape index (κ3) is 1.86. The van der Waals surface area contributed by atoms with E-state index in [1.807, 2.05) is 0 Å².